The van der Waals surface area contributed by atoms with E-state index in [9.17, 15) is 4.79 Å². The number of ether oxygens (including phenoxy) is 1. The van der Waals surface area contributed by atoms with Crippen LogP contribution in [0.1, 0.15) is 40.2 Å². The van der Waals surface area contributed by atoms with Crippen molar-refractivity contribution >= 4 is 38.8 Å². The van der Waals surface area contributed by atoms with Gasteiger partial charge in [0.2, 0.25) is 0 Å². The Kier molecular flexibility index (Phi) is 4.78. The molecule has 1 aliphatic carbocycles. The Morgan fingerprint density at radius 2 is 2.21 bits per heavy atom. The number of benzene rings is 1. The highest BCUT2D eigenvalue weighted by Crippen LogP contribution is 2.42. The van der Waals surface area contributed by atoms with Crippen LogP contribution in [0.5, 0.6) is 5.75 Å². The van der Waals surface area contributed by atoms with Crippen LogP contribution in [-0.4, -0.2) is 42.2 Å². The predicted molar refractivity (Wildman–Crippen MR) is 132 cm³/mol. The van der Waals surface area contributed by atoms with Crippen LogP contribution in [0.25, 0.3) is 10.2 Å². The van der Waals surface area contributed by atoms with Gasteiger partial charge in [0.25, 0.3) is 5.91 Å². The van der Waals surface area contributed by atoms with E-state index in [2.05, 4.69) is 33.4 Å². The van der Waals surface area contributed by atoms with Gasteiger partial charge in [-0.05, 0) is 55.9 Å². The Morgan fingerprint density at radius 1 is 1.33 bits per heavy atom. The molecule has 4 heterocycles. The number of aromatic nitrogens is 1. The minimum atomic E-state index is -0.168. The highest BCUT2D eigenvalue weighted by molar-refractivity contribution is 7.21. The van der Waals surface area contributed by atoms with E-state index < -0.39 is 0 Å². The molecular formula is C25H29N5O2S. The highest BCUT2D eigenvalue weighted by atomic mass is 32.1. The molecule has 2 aromatic heterocycles. The van der Waals surface area contributed by atoms with Gasteiger partial charge in [0.15, 0.2) is 0 Å². The molecule has 3 aliphatic rings. The fourth-order valence-corrected chi connectivity index (χ4v) is 6.74. The van der Waals surface area contributed by atoms with Gasteiger partial charge in [0, 0.05) is 41.5 Å². The number of aryl methyl sites for hydroxylation is 1. The van der Waals surface area contributed by atoms with Crippen molar-refractivity contribution in [3.63, 3.8) is 0 Å². The van der Waals surface area contributed by atoms with Gasteiger partial charge >= 0.3 is 0 Å². The first-order chi connectivity index (χ1) is 15.9. The molecular weight excluding hydrogens is 434 g/mol. The Balaban J connectivity index is 1.15. The molecule has 8 heteroatoms. The Morgan fingerprint density at radius 3 is 3.06 bits per heavy atom. The number of nitrogen functional groups attached to an aromatic ring is 1. The number of amides is 1. The van der Waals surface area contributed by atoms with Crippen molar-refractivity contribution in [1.29, 1.82) is 0 Å². The van der Waals surface area contributed by atoms with E-state index in [4.69, 9.17) is 16.2 Å². The summed E-state index contributed by atoms with van der Waals surface area (Å²) in [5.41, 5.74) is 16.6. The van der Waals surface area contributed by atoms with Gasteiger partial charge < -0.3 is 26.4 Å². The molecule has 1 saturated carbocycles. The van der Waals surface area contributed by atoms with Crippen molar-refractivity contribution < 1.29 is 9.53 Å². The maximum absolute atomic E-state index is 13.0. The number of rotatable bonds is 3. The summed E-state index contributed by atoms with van der Waals surface area (Å²) in [5.74, 6) is 1.33. The molecule has 1 saturated heterocycles. The van der Waals surface area contributed by atoms with Crippen molar-refractivity contribution in [3.8, 4) is 5.75 Å². The monoisotopic (exact) mass is 463 g/mol. The largest absolute Gasteiger partial charge is 0.491 e. The second-order valence-electron chi connectivity index (χ2n) is 9.83. The van der Waals surface area contributed by atoms with Gasteiger partial charge in [-0.1, -0.05) is 12.5 Å². The van der Waals surface area contributed by atoms with Gasteiger partial charge in [-0.2, -0.15) is 0 Å². The SMILES string of the molecule is Cc1ccc2c(N)c(C(=O)N[C@H]3COc4cc(N5CC6CCC[C@@]6(N)C5)ccc4C3)sc2n1. The molecule has 1 aromatic carbocycles. The van der Waals surface area contributed by atoms with Crippen molar-refractivity contribution in [3.05, 3.63) is 46.5 Å². The van der Waals surface area contributed by atoms with E-state index in [1.807, 2.05) is 19.1 Å². The van der Waals surface area contributed by atoms with Crippen LogP contribution in [0, 0.1) is 12.8 Å². The molecule has 5 N–H and O–H groups in total. The average Bonchev–Trinajstić information content (AvgIpc) is 3.42. The zero-order chi connectivity index (χ0) is 22.7. The van der Waals surface area contributed by atoms with Gasteiger partial charge in [-0.15, -0.1) is 11.3 Å². The number of anilines is 2. The quantitative estimate of drug-likeness (QED) is 0.551. The van der Waals surface area contributed by atoms with Crippen LogP contribution in [0.2, 0.25) is 0 Å². The minimum Gasteiger partial charge on any atom is -0.491 e. The summed E-state index contributed by atoms with van der Waals surface area (Å²) >= 11 is 1.34. The molecule has 2 fully saturated rings. The number of nitrogens with zero attached hydrogens (tertiary/aromatic N) is 2. The smallest absolute Gasteiger partial charge is 0.263 e. The summed E-state index contributed by atoms with van der Waals surface area (Å²) in [6.07, 6.45) is 4.33. The fourth-order valence-electron chi connectivity index (χ4n) is 5.69. The number of fused-ring (bicyclic) bond motifs is 3. The maximum Gasteiger partial charge on any atom is 0.263 e. The molecule has 33 heavy (non-hydrogen) atoms. The first-order valence-corrected chi connectivity index (χ1v) is 12.5. The topological polar surface area (TPSA) is 106 Å². The lowest BCUT2D eigenvalue weighted by Gasteiger charge is -2.28. The molecule has 0 bridgehead atoms. The molecule has 3 aromatic rings. The summed E-state index contributed by atoms with van der Waals surface area (Å²) in [7, 11) is 0. The van der Waals surface area contributed by atoms with Crippen molar-refractivity contribution in [1.82, 2.24) is 10.3 Å². The molecule has 7 nitrogen and oxygen atoms in total. The van der Waals surface area contributed by atoms with Gasteiger partial charge in [0.1, 0.15) is 22.1 Å². The Bertz CT molecular complexity index is 1260. The fraction of sp³-hybridized carbons (Fsp3) is 0.440. The first kappa shape index (κ1) is 20.7. The number of nitrogens with one attached hydrogen (secondary N) is 1. The predicted octanol–water partition coefficient (Wildman–Crippen LogP) is 3.24. The number of carbonyl (C=O) groups excluding carboxylic acids is 1. The molecule has 1 amide bonds. The molecule has 2 aliphatic heterocycles. The van der Waals surface area contributed by atoms with Crippen LogP contribution in [0.3, 0.4) is 0 Å². The van der Waals surface area contributed by atoms with Crippen LogP contribution in [0.4, 0.5) is 11.4 Å². The zero-order valence-corrected chi connectivity index (χ0v) is 19.6. The average molecular weight is 464 g/mol. The minimum absolute atomic E-state index is 0.0329. The van der Waals surface area contributed by atoms with Crippen LogP contribution < -0.4 is 26.4 Å². The Labute approximate surface area is 197 Å². The number of hydrogen-bond acceptors (Lipinski definition) is 7. The lowest BCUT2D eigenvalue weighted by molar-refractivity contribution is 0.0920. The number of hydrogen-bond donors (Lipinski definition) is 3. The molecule has 1 unspecified atom stereocenters. The van der Waals surface area contributed by atoms with Crippen molar-refractivity contribution in [2.24, 2.45) is 11.7 Å². The number of nitrogens with two attached hydrogens (primary N) is 2. The van der Waals surface area contributed by atoms with Crippen molar-refractivity contribution in [2.75, 3.05) is 30.3 Å². The summed E-state index contributed by atoms with van der Waals surface area (Å²) < 4.78 is 6.08. The van der Waals surface area contributed by atoms with Gasteiger partial charge in [-0.25, -0.2) is 4.98 Å². The first-order valence-electron chi connectivity index (χ1n) is 11.7. The molecule has 0 radical (unpaired) electrons. The number of pyridine rings is 1. The maximum atomic E-state index is 13.0. The standard InChI is InChI=1S/C25H29N5O2S/c1-14-4-7-19-21(26)22(33-24(19)28-14)23(31)29-17-9-15-5-6-18(10-20(15)32-12-17)30-11-16-3-2-8-25(16,27)13-30/h4-7,10,16-17H,2-3,8-9,11-13,26-27H2,1H3,(H,29,31)/t16?,17-,25-/m1/s1. The zero-order valence-electron chi connectivity index (χ0n) is 18.8. The van der Waals surface area contributed by atoms with Gasteiger partial charge in [-0.3, -0.25) is 4.79 Å². The molecule has 3 atom stereocenters. The van der Waals surface area contributed by atoms with Gasteiger partial charge in [0.05, 0.1) is 11.7 Å². The highest BCUT2D eigenvalue weighted by Gasteiger charge is 2.46. The molecule has 0 spiro atoms. The summed E-state index contributed by atoms with van der Waals surface area (Å²) in [5, 5.41) is 3.94. The van der Waals surface area contributed by atoms with Crippen LogP contribution in [0.15, 0.2) is 30.3 Å². The van der Waals surface area contributed by atoms with E-state index in [1.165, 1.54) is 29.9 Å². The summed E-state index contributed by atoms with van der Waals surface area (Å²) in [6, 6.07) is 10.2. The normalized spacial score (nSPS) is 26.2. The third-order valence-corrected chi connectivity index (χ3v) is 8.64. The third kappa shape index (κ3) is 3.52. The number of thiophene rings is 1. The second-order valence-corrected chi connectivity index (χ2v) is 10.8. The van der Waals surface area contributed by atoms with E-state index in [1.54, 1.807) is 0 Å². The molecule has 6 rings (SSSR count). The van der Waals surface area contributed by atoms with E-state index in [0.717, 1.165) is 53.2 Å². The molecule has 172 valence electrons. The van der Waals surface area contributed by atoms with Crippen LogP contribution >= 0.6 is 11.3 Å². The number of carbonyl (C=O) groups is 1. The van der Waals surface area contributed by atoms with E-state index in [-0.39, 0.29) is 17.5 Å². The lowest BCUT2D eigenvalue weighted by Crippen LogP contribution is -2.44. The lowest BCUT2D eigenvalue weighted by atomic mass is 9.92. The third-order valence-electron chi connectivity index (χ3n) is 7.53. The second kappa shape index (κ2) is 7.60. The van der Waals surface area contributed by atoms with E-state index >= 15 is 0 Å². The Hall–Kier alpha value is -2.84. The summed E-state index contributed by atoms with van der Waals surface area (Å²) in [4.78, 5) is 21.2. The van der Waals surface area contributed by atoms with Crippen LogP contribution in [-0.2, 0) is 6.42 Å². The summed E-state index contributed by atoms with van der Waals surface area (Å²) in [6.45, 7) is 4.31. The van der Waals surface area contributed by atoms with E-state index in [0.29, 0.717) is 23.1 Å². The van der Waals surface area contributed by atoms with Crippen molar-refractivity contribution in [2.45, 2.75) is 44.2 Å².